The Morgan fingerprint density at radius 3 is 2.27 bits per heavy atom. The van der Waals surface area contributed by atoms with Crippen molar-refractivity contribution in [1.82, 2.24) is 9.78 Å². The van der Waals surface area contributed by atoms with Crippen LogP contribution in [0.1, 0.15) is 5.69 Å². The smallest absolute Gasteiger partial charge is 0.234 e. The van der Waals surface area contributed by atoms with Crippen LogP contribution in [0.15, 0.2) is 6.07 Å². The molecule has 1 rings (SSSR count). The maximum atomic E-state index is 9.03. The molecule has 1 heterocycles. The molecule has 0 fully saturated rings. The second kappa shape index (κ2) is 2.73. The number of aromatic nitrogens is 2. The summed E-state index contributed by atoms with van der Waals surface area (Å²) in [6.45, 7) is 0. The van der Waals surface area contributed by atoms with Gasteiger partial charge < -0.3 is 5.11 Å². The summed E-state index contributed by atoms with van der Waals surface area (Å²) in [5.41, 5.74) is 0.211. The first-order chi connectivity index (χ1) is 4.91. The highest BCUT2D eigenvalue weighted by molar-refractivity contribution is 6.66. The maximum Gasteiger partial charge on any atom is 0.234 e. The van der Waals surface area contributed by atoms with E-state index >= 15 is 0 Å². The topological polar surface area (TPSA) is 38.0 Å². The van der Waals surface area contributed by atoms with E-state index in [4.69, 9.17) is 39.9 Å². The molecule has 0 atom stereocenters. The maximum absolute atomic E-state index is 9.03. The van der Waals surface area contributed by atoms with Gasteiger partial charge in [0.25, 0.3) is 0 Å². The molecule has 0 amide bonds. The Morgan fingerprint density at radius 1 is 1.55 bits per heavy atom. The molecule has 11 heavy (non-hydrogen) atoms. The molecule has 0 spiro atoms. The molecule has 0 saturated heterocycles. The third kappa shape index (κ3) is 1.92. The number of rotatable bonds is 0. The molecule has 3 nitrogen and oxygen atoms in total. The van der Waals surface area contributed by atoms with Gasteiger partial charge in [-0.25, -0.2) is 4.68 Å². The van der Waals surface area contributed by atoms with E-state index < -0.39 is 3.79 Å². The Morgan fingerprint density at radius 2 is 2.09 bits per heavy atom. The molecule has 1 aromatic rings. The Labute approximate surface area is 78.5 Å². The van der Waals surface area contributed by atoms with Gasteiger partial charge in [0.1, 0.15) is 5.69 Å². The number of hydrogen-bond donors (Lipinski definition) is 1. The molecule has 0 saturated carbocycles. The lowest BCUT2D eigenvalue weighted by Gasteiger charge is -2.04. The number of halogens is 3. The second-order valence-corrected chi connectivity index (χ2v) is 4.29. The van der Waals surface area contributed by atoms with Gasteiger partial charge in [-0.15, -0.1) is 0 Å². The molecule has 0 bridgehead atoms. The van der Waals surface area contributed by atoms with Gasteiger partial charge in [-0.2, -0.15) is 5.10 Å². The van der Waals surface area contributed by atoms with Crippen molar-refractivity contribution in [3.63, 3.8) is 0 Å². The van der Waals surface area contributed by atoms with Crippen LogP contribution >= 0.6 is 34.8 Å². The molecule has 0 aliphatic carbocycles. The molecule has 6 heteroatoms. The fraction of sp³-hybridized carbons (Fsp3) is 0.400. The van der Waals surface area contributed by atoms with E-state index in [1.165, 1.54) is 10.7 Å². The number of aromatic hydroxyl groups is 1. The lowest BCUT2D eigenvalue weighted by Crippen LogP contribution is -2.02. The summed E-state index contributed by atoms with van der Waals surface area (Å²) in [6.07, 6.45) is 0. The van der Waals surface area contributed by atoms with Crippen LogP contribution < -0.4 is 0 Å². The van der Waals surface area contributed by atoms with Crippen LogP contribution in [0.3, 0.4) is 0 Å². The van der Waals surface area contributed by atoms with Gasteiger partial charge in [0.2, 0.25) is 9.67 Å². The standard InChI is InChI=1S/C5H5Cl3N2O/c1-10-4(11)2-3(9-10)5(6,7)8/h2,11H,1H3. The minimum Gasteiger partial charge on any atom is -0.493 e. The molecule has 0 aliphatic rings. The number of hydrogen-bond acceptors (Lipinski definition) is 2. The third-order valence-corrected chi connectivity index (χ3v) is 1.73. The summed E-state index contributed by atoms with van der Waals surface area (Å²) >= 11 is 16.5. The molecule has 1 aromatic heterocycles. The summed E-state index contributed by atoms with van der Waals surface area (Å²) in [6, 6.07) is 1.30. The number of nitrogens with zero attached hydrogens (tertiary/aromatic N) is 2. The average Bonchev–Trinajstić information content (AvgIpc) is 2.11. The monoisotopic (exact) mass is 214 g/mol. The first-order valence-electron chi connectivity index (χ1n) is 2.71. The highest BCUT2D eigenvalue weighted by atomic mass is 35.6. The molecule has 0 aliphatic heterocycles. The molecule has 1 N–H and O–H groups in total. The summed E-state index contributed by atoms with van der Waals surface area (Å²) in [4.78, 5) is 0. The van der Waals surface area contributed by atoms with E-state index in [0.29, 0.717) is 0 Å². The molecule has 0 radical (unpaired) electrons. The van der Waals surface area contributed by atoms with Crippen molar-refractivity contribution in [2.45, 2.75) is 3.79 Å². The Balaban J connectivity index is 3.08. The molecule has 62 valence electrons. The zero-order valence-corrected chi connectivity index (χ0v) is 7.82. The quantitative estimate of drug-likeness (QED) is 0.672. The van der Waals surface area contributed by atoms with Crippen molar-refractivity contribution in [2.75, 3.05) is 0 Å². The zero-order valence-electron chi connectivity index (χ0n) is 5.55. The van der Waals surface area contributed by atoms with Crippen LogP contribution in [0, 0.1) is 0 Å². The van der Waals surface area contributed by atoms with Crippen molar-refractivity contribution in [2.24, 2.45) is 7.05 Å². The average molecular weight is 215 g/mol. The van der Waals surface area contributed by atoms with Crippen LogP contribution in [-0.4, -0.2) is 14.9 Å². The van der Waals surface area contributed by atoms with Gasteiger partial charge >= 0.3 is 0 Å². The fourth-order valence-electron chi connectivity index (χ4n) is 0.596. The second-order valence-electron chi connectivity index (χ2n) is 2.01. The predicted octanol–water partition coefficient (Wildman–Crippen LogP) is 1.95. The molecular formula is C5H5Cl3N2O. The van der Waals surface area contributed by atoms with Gasteiger partial charge in [0.05, 0.1) is 0 Å². The fourth-order valence-corrected chi connectivity index (χ4v) is 0.873. The third-order valence-electron chi connectivity index (χ3n) is 1.15. The lowest BCUT2D eigenvalue weighted by atomic mass is 10.5. The summed E-state index contributed by atoms with van der Waals surface area (Å²) < 4.78 is -0.351. The first kappa shape index (κ1) is 8.97. The van der Waals surface area contributed by atoms with Crippen molar-refractivity contribution >= 4 is 34.8 Å². The highest BCUT2D eigenvalue weighted by Gasteiger charge is 2.26. The van der Waals surface area contributed by atoms with Crippen LogP contribution in [0.4, 0.5) is 0 Å². The molecular weight excluding hydrogens is 210 g/mol. The van der Waals surface area contributed by atoms with E-state index in [1.807, 2.05) is 0 Å². The van der Waals surface area contributed by atoms with Gasteiger partial charge in [0, 0.05) is 13.1 Å². The summed E-state index contributed by atoms with van der Waals surface area (Å²) in [5.74, 6) is -0.0358. The summed E-state index contributed by atoms with van der Waals surface area (Å²) in [5, 5.41) is 12.8. The SMILES string of the molecule is Cn1nc(C(Cl)(Cl)Cl)cc1O. The minimum absolute atomic E-state index is 0.0358. The molecule has 0 aromatic carbocycles. The summed E-state index contributed by atoms with van der Waals surface area (Å²) in [7, 11) is 1.55. The van der Waals surface area contributed by atoms with Gasteiger partial charge in [-0.3, -0.25) is 0 Å². The lowest BCUT2D eigenvalue weighted by molar-refractivity contribution is 0.419. The largest absolute Gasteiger partial charge is 0.493 e. The highest BCUT2D eigenvalue weighted by Crippen LogP contribution is 2.38. The van der Waals surface area contributed by atoms with Crippen molar-refractivity contribution < 1.29 is 5.11 Å². The van der Waals surface area contributed by atoms with Crippen LogP contribution in [-0.2, 0) is 10.8 Å². The van der Waals surface area contributed by atoms with Gasteiger partial charge in [-0.1, -0.05) is 34.8 Å². The zero-order chi connectivity index (χ0) is 8.65. The minimum atomic E-state index is -1.57. The van der Waals surface area contributed by atoms with E-state index in [1.54, 1.807) is 7.05 Å². The van der Waals surface area contributed by atoms with E-state index in [9.17, 15) is 0 Å². The van der Waals surface area contributed by atoms with E-state index in [-0.39, 0.29) is 11.6 Å². The Kier molecular flexibility index (Phi) is 2.23. The number of alkyl halides is 3. The van der Waals surface area contributed by atoms with E-state index in [2.05, 4.69) is 5.10 Å². The van der Waals surface area contributed by atoms with Crippen molar-refractivity contribution in [3.8, 4) is 5.88 Å². The van der Waals surface area contributed by atoms with Crippen molar-refractivity contribution in [1.29, 1.82) is 0 Å². The van der Waals surface area contributed by atoms with Crippen LogP contribution in [0.5, 0.6) is 5.88 Å². The first-order valence-corrected chi connectivity index (χ1v) is 3.85. The molecule has 0 unspecified atom stereocenters. The van der Waals surface area contributed by atoms with Crippen LogP contribution in [0.25, 0.3) is 0 Å². The van der Waals surface area contributed by atoms with Gasteiger partial charge in [0.15, 0.2) is 0 Å². The van der Waals surface area contributed by atoms with Crippen LogP contribution in [0.2, 0.25) is 0 Å². The Hall–Kier alpha value is -0.120. The van der Waals surface area contributed by atoms with E-state index in [0.717, 1.165) is 0 Å². The number of aryl methyl sites for hydroxylation is 1. The Bertz CT molecular complexity index is 246. The predicted molar refractivity (Wildman–Crippen MR) is 44.1 cm³/mol. The van der Waals surface area contributed by atoms with Gasteiger partial charge in [-0.05, 0) is 0 Å². The van der Waals surface area contributed by atoms with Crippen molar-refractivity contribution in [3.05, 3.63) is 11.8 Å². The normalized spacial score (nSPS) is 12.0.